The fourth-order valence-corrected chi connectivity index (χ4v) is 3.47. The molecule has 0 saturated heterocycles. The number of fused-ring (bicyclic) bond motifs is 1. The standard InChI is InChI=1S/C14H16N6OS/c1-8-7-22-13(10(8)6-15)18-14(21)17-11-4-3-5-20-12(11)16-9(2)19-20/h7,11H,3-5H2,1-2H3,(H2,17,18,21)/t11-/m1/s1. The van der Waals surface area contributed by atoms with Crippen LogP contribution in [0, 0.1) is 25.2 Å². The molecule has 2 aromatic rings. The van der Waals surface area contributed by atoms with Crippen LogP contribution in [0.5, 0.6) is 0 Å². The van der Waals surface area contributed by atoms with Crippen molar-refractivity contribution in [2.75, 3.05) is 5.32 Å². The van der Waals surface area contributed by atoms with Crippen molar-refractivity contribution in [3.8, 4) is 6.07 Å². The molecule has 8 heteroatoms. The molecule has 1 aliphatic rings. The van der Waals surface area contributed by atoms with Gasteiger partial charge in [0.15, 0.2) is 0 Å². The Morgan fingerprint density at radius 2 is 2.36 bits per heavy atom. The van der Waals surface area contributed by atoms with E-state index < -0.39 is 0 Å². The van der Waals surface area contributed by atoms with Gasteiger partial charge in [-0.25, -0.2) is 14.5 Å². The number of aromatic nitrogens is 3. The van der Waals surface area contributed by atoms with Crippen LogP contribution in [0.2, 0.25) is 0 Å². The van der Waals surface area contributed by atoms with E-state index in [2.05, 4.69) is 26.8 Å². The predicted molar refractivity (Wildman–Crippen MR) is 82.7 cm³/mol. The van der Waals surface area contributed by atoms with Crippen LogP contribution >= 0.6 is 11.3 Å². The number of anilines is 1. The van der Waals surface area contributed by atoms with Gasteiger partial charge in [-0.3, -0.25) is 5.32 Å². The second-order valence-corrected chi connectivity index (χ2v) is 6.15. The van der Waals surface area contributed by atoms with E-state index in [1.807, 2.05) is 23.9 Å². The normalized spacial score (nSPS) is 16.7. The molecule has 2 amide bonds. The minimum absolute atomic E-state index is 0.151. The summed E-state index contributed by atoms with van der Waals surface area (Å²) >= 11 is 1.35. The summed E-state index contributed by atoms with van der Waals surface area (Å²) in [4.78, 5) is 16.6. The zero-order chi connectivity index (χ0) is 15.7. The third-order valence-corrected chi connectivity index (χ3v) is 4.61. The molecule has 22 heavy (non-hydrogen) atoms. The number of nitrogens with zero attached hydrogens (tertiary/aromatic N) is 4. The van der Waals surface area contributed by atoms with Gasteiger partial charge in [-0.1, -0.05) is 0 Å². The van der Waals surface area contributed by atoms with Gasteiger partial charge in [-0.15, -0.1) is 11.3 Å². The summed E-state index contributed by atoms with van der Waals surface area (Å²) in [6.07, 6.45) is 1.78. The van der Waals surface area contributed by atoms with E-state index in [4.69, 9.17) is 5.26 Å². The molecule has 0 radical (unpaired) electrons. The zero-order valence-corrected chi connectivity index (χ0v) is 13.2. The lowest BCUT2D eigenvalue weighted by Gasteiger charge is -2.23. The first kappa shape index (κ1) is 14.5. The predicted octanol–water partition coefficient (Wildman–Crippen LogP) is 2.48. The lowest BCUT2D eigenvalue weighted by atomic mass is 10.1. The Hall–Kier alpha value is -2.40. The molecular weight excluding hydrogens is 300 g/mol. The number of aryl methyl sites for hydroxylation is 3. The number of hydrogen-bond donors (Lipinski definition) is 2. The Morgan fingerprint density at radius 3 is 3.14 bits per heavy atom. The maximum atomic E-state index is 12.2. The number of rotatable bonds is 2. The van der Waals surface area contributed by atoms with Gasteiger partial charge in [0, 0.05) is 6.54 Å². The van der Waals surface area contributed by atoms with Gasteiger partial charge in [-0.2, -0.15) is 10.4 Å². The first-order valence-electron chi connectivity index (χ1n) is 7.05. The average molecular weight is 316 g/mol. The number of nitrogens with one attached hydrogen (secondary N) is 2. The lowest BCUT2D eigenvalue weighted by molar-refractivity contribution is 0.244. The Kier molecular flexibility index (Phi) is 3.81. The zero-order valence-electron chi connectivity index (χ0n) is 12.4. The maximum Gasteiger partial charge on any atom is 0.320 e. The largest absolute Gasteiger partial charge is 0.328 e. The first-order chi connectivity index (χ1) is 10.6. The van der Waals surface area contributed by atoms with E-state index in [1.54, 1.807) is 0 Å². The van der Waals surface area contributed by atoms with Crippen LogP contribution in [-0.2, 0) is 6.54 Å². The van der Waals surface area contributed by atoms with Crippen LogP contribution in [0.25, 0.3) is 0 Å². The molecule has 0 spiro atoms. The highest BCUT2D eigenvalue weighted by molar-refractivity contribution is 7.14. The van der Waals surface area contributed by atoms with Crippen molar-refractivity contribution in [3.05, 3.63) is 28.2 Å². The van der Waals surface area contributed by atoms with E-state index in [9.17, 15) is 4.79 Å². The number of carbonyl (C=O) groups excluding carboxylic acids is 1. The summed E-state index contributed by atoms with van der Waals surface area (Å²) < 4.78 is 1.85. The molecule has 0 bridgehead atoms. The number of thiophene rings is 1. The van der Waals surface area contributed by atoms with Crippen molar-refractivity contribution >= 4 is 22.4 Å². The van der Waals surface area contributed by atoms with Crippen LogP contribution in [-0.4, -0.2) is 20.8 Å². The van der Waals surface area contributed by atoms with E-state index in [-0.39, 0.29) is 12.1 Å². The van der Waals surface area contributed by atoms with Gasteiger partial charge >= 0.3 is 6.03 Å². The number of carbonyl (C=O) groups is 1. The summed E-state index contributed by atoms with van der Waals surface area (Å²) in [7, 11) is 0. The van der Waals surface area contributed by atoms with Gasteiger partial charge in [0.1, 0.15) is 22.7 Å². The fourth-order valence-electron chi connectivity index (χ4n) is 2.58. The summed E-state index contributed by atoms with van der Waals surface area (Å²) in [5, 5.41) is 21.5. The third-order valence-electron chi connectivity index (χ3n) is 3.60. The van der Waals surface area contributed by atoms with E-state index in [0.717, 1.165) is 30.8 Å². The summed E-state index contributed by atoms with van der Waals surface area (Å²) in [5.41, 5.74) is 1.39. The van der Waals surface area contributed by atoms with E-state index in [1.165, 1.54) is 11.3 Å². The molecule has 0 unspecified atom stereocenters. The Bertz CT molecular complexity index is 756. The van der Waals surface area contributed by atoms with Gasteiger partial charge in [-0.05, 0) is 37.6 Å². The molecular formula is C14H16N6OS. The van der Waals surface area contributed by atoms with Gasteiger partial charge in [0.2, 0.25) is 0 Å². The fraction of sp³-hybridized carbons (Fsp3) is 0.429. The second-order valence-electron chi connectivity index (χ2n) is 5.27. The van der Waals surface area contributed by atoms with E-state index >= 15 is 0 Å². The lowest BCUT2D eigenvalue weighted by Crippen LogP contribution is -2.36. The van der Waals surface area contributed by atoms with Gasteiger partial charge < -0.3 is 5.32 Å². The van der Waals surface area contributed by atoms with Crippen molar-refractivity contribution in [1.82, 2.24) is 20.1 Å². The highest BCUT2D eigenvalue weighted by Crippen LogP contribution is 2.27. The summed E-state index contributed by atoms with van der Waals surface area (Å²) in [5.74, 6) is 1.51. The smallest absolute Gasteiger partial charge is 0.320 e. The van der Waals surface area contributed by atoms with Crippen molar-refractivity contribution in [1.29, 1.82) is 5.26 Å². The summed E-state index contributed by atoms with van der Waals surface area (Å²) in [6, 6.07) is 1.64. The Balaban J connectivity index is 1.72. The third kappa shape index (κ3) is 2.67. The minimum atomic E-state index is -0.322. The molecule has 0 aromatic carbocycles. The van der Waals surface area contributed by atoms with E-state index in [0.29, 0.717) is 16.4 Å². The molecule has 1 aliphatic heterocycles. The Morgan fingerprint density at radius 1 is 1.55 bits per heavy atom. The topological polar surface area (TPSA) is 95.6 Å². The highest BCUT2D eigenvalue weighted by Gasteiger charge is 2.25. The van der Waals surface area contributed by atoms with Crippen LogP contribution in [0.15, 0.2) is 5.38 Å². The quantitative estimate of drug-likeness (QED) is 0.889. The molecule has 2 aromatic heterocycles. The van der Waals surface area contributed by atoms with Crippen molar-refractivity contribution in [2.24, 2.45) is 0 Å². The van der Waals surface area contributed by atoms with Gasteiger partial charge in [0.25, 0.3) is 0 Å². The molecule has 0 aliphatic carbocycles. The molecule has 7 nitrogen and oxygen atoms in total. The first-order valence-corrected chi connectivity index (χ1v) is 7.93. The SMILES string of the molecule is Cc1nc2n(n1)CCC[C@H]2NC(=O)Nc1scc(C)c1C#N. The highest BCUT2D eigenvalue weighted by atomic mass is 32.1. The molecule has 3 rings (SSSR count). The van der Waals surface area contributed by atoms with Crippen molar-refractivity contribution in [3.63, 3.8) is 0 Å². The number of hydrogen-bond acceptors (Lipinski definition) is 5. The number of amides is 2. The molecule has 0 fully saturated rings. The van der Waals surface area contributed by atoms with Crippen LogP contribution < -0.4 is 10.6 Å². The molecule has 1 atom stereocenters. The monoisotopic (exact) mass is 316 g/mol. The molecule has 114 valence electrons. The maximum absolute atomic E-state index is 12.2. The second kappa shape index (κ2) is 5.77. The van der Waals surface area contributed by atoms with Gasteiger partial charge in [0.05, 0.1) is 11.6 Å². The molecule has 0 saturated carbocycles. The minimum Gasteiger partial charge on any atom is -0.328 e. The van der Waals surface area contributed by atoms with Crippen LogP contribution in [0.3, 0.4) is 0 Å². The Labute approximate surface area is 132 Å². The molecule has 3 heterocycles. The van der Waals surface area contributed by atoms with Crippen LogP contribution in [0.4, 0.5) is 9.80 Å². The van der Waals surface area contributed by atoms with Crippen molar-refractivity contribution in [2.45, 2.75) is 39.3 Å². The number of urea groups is 1. The van der Waals surface area contributed by atoms with Crippen LogP contribution in [0.1, 0.15) is 41.7 Å². The average Bonchev–Trinajstić information content (AvgIpc) is 3.01. The number of nitriles is 1. The summed E-state index contributed by atoms with van der Waals surface area (Å²) in [6.45, 7) is 4.53. The van der Waals surface area contributed by atoms with Crippen molar-refractivity contribution < 1.29 is 4.79 Å². The molecule has 2 N–H and O–H groups in total.